The average Bonchev–Trinajstić information content (AvgIpc) is 2.49. The van der Waals surface area contributed by atoms with Crippen LogP contribution in [0, 0.1) is 6.92 Å². The van der Waals surface area contributed by atoms with Crippen LogP contribution in [0.1, 0.15) is 38.8 Å². The van der Waals surface area contributed by atoms with Gasteiger partial charge >= 0.3 is 12.1 Å². The van der Waals surface area contributed by atoms with Crippen molar-refractivity contribution in [2.24, 2.45) is 5.11 Å². The van der Waals surface area contributed by atoms with Crippen molar-refractivity contribution in [3.63, 3.8) is 0 Å². The molecular weight excluding hydrogens is 324 g/mol. The second kappa shape index (κ2) is 8.75. The van der Waals surface area contributed by atoms with E-state index >= 15 is 0 Å². The van der Waals surface area contributed by atoms with E-state index in [4.69, 9.17) is 15.0 Å². The quantitative estimate of drug-likeness (QED) is 0.277. The zero-order valence-corrected chi connectivity index (χ0v) is 15.0. The zero-order valence-electron chi connectivity index (χ0n) is 15.0. The molecule has 134 valence electrons. The molecule has 8 heteroatoms. The van der Waals surface area contributed by atoms with Crippen LogP contribution in [-0.4, -0.2) is 24.3 Å². The Bertz CT molecular complexity index is 729. The fourth-order valence-corrected chi connectivity index (χ4v) is 1.89. The minimum atomic E-state index is -0.717. The number of anilines is 1. The van der Waals surface area contributed by atoms with E-state index in [1.54, 1.807) is 52.8 Å². The van der Waals surface area contributed by atoms with Gasteiger partial charge in [0.15, 0.2) is 0 Å². The number of esters is 1. The number of carbonyl (C=O) groups excluding carboxylic acids is 2. The predicted molar refractivity (Wildman–Crippen MR) is 94.8 cm³/mol. The Labute approximate surface area is 146 Å². The third-order valence-corrected chi connectivity index (χ3v) is 2.94. The molecular formula is C17H22N4O4. The number of nitrogens with one attached hydrogen (secondary N) is 1. The number of benzene rings is 1. The monoisotopic (exact) mass is 346 g/mol. The highest BCUT2D eigenvalue weighted by Crippen LogP contribution is 2.23. The molecule has 0 bridgehead atoms. The van der Waals surface area contributed by atoms with Gasteiger partial charge in [-0.25, -0.2) is 9.59 Å². The molecule has 0 aliphatic rings. The highest BCUT2D eigenvalue weighted by Gasteiger charge is 2.17. The molecule has 0 heterocycles. The SMILES string of the molecule is CCOC(=O)C(=Cc1cccc(NC(=O)OC(C)(C)C)c1C)N=[N+]=[N-]. The Morgan fingerprint density at radius 1 is 1.36 bits per heavy atom. The van der Waals surface area contributed by atoms with Crippen LogP contribution in [0.25, 0.3) is 16.5 Å². The molecule has 1 N–H and O–H groups in total. The molecule has 0 aliphatic heterocycles. The normalized spacial score (nSPS) is 11.3. The maximum atomic E-state index is 11.9. The minimum absolute atomic E-state index is 0.163. The largest absolute Gasteiger partial charge is 0.462 e. The number of nitrogens with zero attached hydrogens (tertiary/aromatic N) is 3. The third-order valence-electron chi connectivity index (χ3n) is 2.94. The van der Waals surface area contributed by atoms with Crippen molar-refractivity contribution in [2.75, 3.05) is 11.9 Å². The second-order valence-electron chi connectivity index (χ2n) is 6.09. The molecule has 8 nitrogen and oxygen atoms in total. The van der Waals surface area contributed by atoms with Gasteiger partial charge in [0.05, 0.1) is 6.61 Å². The Morgan fingerprint density at radius 2 is 2.04 bits per heavy atom. The van der Waals surface area contributed by atoms with Crippen LogP contribution >= 0.6 is 0 Å². The summed E-state index contributed by atoms with van der Waals surface area (Å²) in [6, 6.07) is 5.13. The smallest absolute Gasteiger partial charge is 0.412 e. The summed E-state index contributed by atoms with van der Waals surface area (Å²) < 4.78 is 10.1. The van der Waals surface area contributed by atoms with Crippen molar-refractivity contribution in [2.45, 2.75) is 40.2 Å². The minimum Gasteiger partial charge on any atom is -0.462 e. The van der Waals surface area contributed by atoms with Gasteiger partial charge in [0, 0.05) is 10.6 Å². The Morgan fingerprint density at radius 3 is 2.60 bits per heavy atom. The fourth-order valence-electron chi connectivity index (χ4n) is 1.89. The van der Waals surface area contributed by atoms with Crippen molar-refractivity contribution in [1.82, 2.24) is 0 Å². The van der Waals surface area contributed by atoms with Crippen LogP contribution in [0.5, 0.6) is 0 Å². The summed E-state index contributed by atoms with van der Waals surface area (Å²) in [6.45, 7) is 8.88. The maximum Gasteiger partial charge on any atom is 0.412 e. The van der Waals surface area contributed by atoms with E-state index in [2.05, 4.69) is 15.3 Å². The van der Waals surface area contributed by atoms with Crippen LogP contribution < -0.4 is 5.32 Å². The number of azide groups is 1. The van der Waals surface area contributed by atoms with E-state index in [0.717, 1.165) is 0 Å². The molecule has 0 radical (unpaired) electrons. The van der Waals surface area contributed by atoms with Gasteiger partial charge < -0.3 is 9.47 Å². The molecule has 0 atom stereocenters. The molecule has 0 aromatic heterocycles. The van der Waals surface area contributed by atoms with E-state index in [-0.39, 0.29) is 12.3 Å². The molecule has 1 rings (SSSR count). The lowest BCUT2D eigenvalue weighted by Crippen LogP contribution is -2.27. The molecule has 1 aromatic carbocycles. The van der Waals surface area contributed by atoms with Gasteiger partial charge in [0.2, 0.25) is 0 Å². The number of amides is 1. The van der Waals surface area contributed by atoms with Gasteiger partial charge in [0.1, 0.15) is 11.3 Å². The van der Waals surface area contributed by atoms with Crippen molar-refractivity contribution < 1.29 is 19.1 Å². The van der Waals surface area contributed by atoms with E-state index < -0.39 is 17.7 Å². The van der Waals surface area contributed by atoms with Crippen molar-refractivity contribution in [3.05, 3.63) is 45.5 Å². The summed E-state index contributed by atoms with van der Waals surface area (Å²) in [5.41, 5.74) is 9.64. The Hall–Kier alpha value is -2.99. The first-order valence-electron chi connectivity index (χ1n) is 7.71. The lowest BCUT2D eigenvalue weighted by Gasteiger charge is -2.20. The number of carbonyl (C=O) groups is 2. The fraction of sp³-hybridized carbons (Fsp3) is 0.412. The van der Waals surface area contributed by atoms with Crippen LogP contribution in [0.15, 0.2) is 29.0 Å². The number of ether oxygens (including phenoxy) is 2. The third kappa shape index (κ3) is 6.56. The van der Waals surface area contributed by atoms with Gasteiger partial charge in [-0.15, -0.1) is 0 Å². The van der Waals surface area contributed by atoms with Crippen molar-refractivity contribution >= 4 is 23.8 Å². The molecule has 25 heavy (non-hydrogen) atoms. The molecule has 0 aliphatic carbocycles. The van der Waals surface area contributed by atoms with Crippen molar-refractivity contribution in [3.8, 4) is 0 Å². The van der Waals surface area contributed by atoms with Crippen LogP contribution in [0.3, 0.4) is 0 Å². The predicted octanol–water partition coefficient (Wildman–Crippen LogP) is 4.56. The number of hydrogen-bond acceptors (Lipinski definition) is 5. The van der Waals surface area contributed by atoms with Gasteiger partial charge in [0.25, 0.3) is 0 Å². The summed E-state index contributed by atoms with van der Waals surface area (Å²) in [6.07, 6.45) is 0.824. The van der Waals surface area contributed by atoms with E-state index in [0.29, 0.717) is 16.8 Å². The van der Waals surface area contributed by atoms with Gasteiger partial charge in [-0.05, 0) is 63.4 Å². The van der Waals surface area contributed by atoms with Gasteiger partial charge in [-0.1, -0.05) is 17.2 Å². The zero-order chi connectivity index (χ0) is 19.0. The second-order valence-corrected chi connectivity index (χ2v) is 6.09. The van der Waals surface area contributed by atoms with Gasteiger partial charge in [-0.3, -0.25) is 5.32 Å². The Balaban J connectivity index is 3.14. The van der Waals surface area contributed by atoms with Crippen molar-refractivity contribution in [1.29, 1.82) is 0 Å². The molecule has 1 aromatic rings. The lowest BCUT2D eigenvalue weighted by atomic mass is 10.1. The standard InChI is InChI=1S/C17H22N4O4/c1-6-24-15(22)14(20-21-18)10-12-8-7-9-13(11(12)2)19-16(23)25-17(3,4)5/h7-10H,6H2,1-5H3,(H,19,23). The topological polar surface area (TPSA) is 113 Å². The first-order valence-corrected chi connectivity index (χ1v) is 7.71. The summed E-state index contributed by atoms with van der Waals surface area (Å²) >= 11 is 0. The summed E-state index contributed by atoms with van der Waals surface area (Å²) in [5.74, 6) is -0.717. The molecule has 0 saturated heterocycles. The first-order chi connectivity index (χ1) is 11.7. The van der Waals surface area contributed by atoms with E-state index in [1.807, 2.05) is 0 Å². The molecule has 0 unspecified atom stereocenters. The van der Waals surface area contributed by atoms with E-state index in [1.165, 1.54) is 6.08 Å². The van der Waals surface area contributed by atoms with Crippen LogP contribution in [0.2, 0.25) is 0 Å². The summed E-state index contributed by atoms with van der Waals surface area (Å²) in [7, 11) is 0. The molecule has 0 saturated carbocycles. The van der Waals surface area contributed by atoms with E-state index in [9.17, 15) is 9.59 Å². The summed E-state index contributed by atoms with van der Waals surface area (Å²) in [4.78, 5) is 26.4. The Kier molecular flexibility index (Phi) is 7.02. The van der Waals surface area contributed by atoms with Crippen LogP contribution in [0.4, 0.5) is 10.5 Å². The van der Waals surface area contributed by atoms with Gasteiger partial charge in [-0.2, -0.15) is 0 Å². The number of hydrogen-bond donors (Lipinski definition) is 1. The average molecular weight is 346 g/mol. The molecule has 0 fully saturated rings. The number of rotatable bonds is 5. The maximum absolute atomic E-state index is 11.9. The molecule has 1 amide bonds. The lowest BCUT2D eigenvalue weighted by molar-refractivity contribution is -0.138. The summed E-state index contributed by atoms with van der Waals surface area (Å²) in [5, 5.41) is 6.03. The van der Waals surface area contributed by atoms with Crippen LogP contribution in [-0.2, 0) is 14.3 Å². The highest BCUT2D eigenvalue weighted by atomic mass is 16.6. The first kappa shape index (κ1) is 20.1. The molecule has 0 spiro atoms. The highest BCUT2D eigenvalue weighted by molar-refractivity contribution is 5.94.